The van der Waals surface area contributed by atoms with Crippen LogP contribution in [0.2, 0.25) is 0 Å². The van der Waals surface area contributed by atoms with Gasteiger partial charge in [-0.2, -0.15) is 0 Å². The highest BCUT2D eigenvalue weighted by atomic mass is 32.1. The van der Waals surface area contributed by atoms with Crippen LogP contribution in [0.4, 0.5) is 0 Å². The molecule has 184 valence electrons. The third-order valence-corrected chi connectivity index (χ3v) is 7.75. The molecule has 0 bridgehead atoms. The number of benzene rings is 1. The molecule has 1 aromatic carbocycles. The van der Waals surface area contributed by atoms with Gasteiger partial charge in [0.1, 0.15) is 0 Å². The predicted octanol–water partition coefficient (Wildman–Crippen LogP) is 4.58. The molecule has 2 heterocycles. The van der Waals surface area contributed by atoms with E-state index >= 15 is 0 Å². The van der Waals surface area contributed by atoms with Gasteiger partial charge in [0.25, 0.3) is 0 Å². The van der Waals surface area contributed by atoms with Gasteiger partial charge in [0, 0.05) is 42.8 Å². The van der Waals surface area contributed by atoms with Gasteiger partial charge in [-0.3, -0.25) is 9.69 Å². The SMILES string of the molecule is O=C(O)CCC=CCCC1C(OCc2ccc(-c3cccs3)cc2)CC(O)C1N1CCOCC1. The Morgan fingerprint density at radius 1 is 1.15 bits per heavy atom. The molecule has 4 atom stereocenters. The zero-order chi connectivity index (χ0) is 23.8. The van der Waals surface area contributed by atoms with Crippen LogP contribution >= 0.6 is 11.3 Å². The molecule has 0 amide bonds. The second-order valence-electron chi connectivity index (χ2n) is 9.11. The Hall–Kier alpha value is -2.03. The molecule has 0 radical (unpaired) electrons. The summed E-state index contributed by atoms with van der Waals surface area (Å²) in [4.78, 5) is 14.3. The van der Waals surface area contributed by atoms with E-state index in [1.807, 2.05) is 6.08 Å². The van der Waals surface area contributed by atoms with Crippen LogP contribution in [0.1, 0.15) is 37.7 Å². The van der Waals surface area contributed by atoms with Crippen molar-refractivity contribution < 1.29 is 24.5 Å². The Morgan fingerprint density at radius 3 is 2.62 bits per heavy atom. The van der Waals surface area contributed by atoms with E-state index in [9.17, 15) is 9.90 Å². The van der Waals surface area contributed by atoms with Crippen molar-refractivity contribution in [3.05, 3.63) is 59.5 Å². The molecule has 1 saturated carbocycles. The number of rotatable bonds is 11. The van der Waals surface area contributed by atoms with Crippen molar-refractivity contribution in [3.63, 3.8) is 0 Å². The Kier molecular flexibility index (Phi) is 9.30. The summed E-state index contributed by atoms with van der Waals surface area (Å²) < 4.78 is 11.9. The number of hydrogen-bond donors (Lipinski definition) is 2. The van der Waals surface area contributed by atoms with Crippen LogP contribution in [0.25, 0.3) is 10.4 Å². The Bertz CT molecular complexity index is 908. The lowest BCUT2D eigenvalue weighted by atomic mass is 9.93. The molecule has 4 rings (SSSR count). The number of allylic oxidation sites excluding steroid dienone is 2. The zero-order valence-corrected chi connectivity index (χ0v) is 20.4. The van der Waals surface area contributed by atoms with E-state index in [2.05, 4.69) is 52.8 Å². The van der Waals surface area contributed by atoms with Crippen molar-refractivity contribution >= 4 is 17.3 Å². The molecule has 0 spiro atoms. The number of hydrogen-bond acceptors (Lipinski definition) is 6. The summed E-state index contributed by atoms with van der Waals surface area (Å²) in [6.07, 6.45) is 6.72. The van der Waals surface area contributed by atoms with E-state index in [-0.39, 0.29) is 24.5 Å². The molecular weight excluding hydrogens is 450 g/mol. The van der Waals surface area contributed by atoms with Gasteiger partial charge in [-0.15, -0.1) is 11.3 Å². The monoisotopic (exact) mass is 485 g/mol. The first-order valence-electron chi connectivity index (χ1n) is 12.2. The van der Waals surface area contributed by atoms with E-state index in [4.69, 9.17) is 14.6 Å². The van der Waals surface area contributed by atoms with Gasteiger partial charge in [-0.25, -0.2) is 0 Å². The fourth-order valence-electron chi connectivity index (χ4n) is 5.14. The number of morpholine rings is 1. The minimum Gasteiger partial charge on any atom is -0.481 e. The normalized spacial score (nSPS) is 25.8. The lowest BCUT2D eigenvalue weighted by Crippen LogP contribution is -2.50. The maximum atomic E-state index is 11.0. The van der Waals surface area contributed by atoms with Gasteiger partial charge in [-0.1, -0.05) is 42.5 Å². The molecule has 1 aromatic heterocycles. The van der Waals surface area contributed by atoms with Crippen LogP contribution in [-0.2, 0) is 20.9 Å². The average molecular weight is 486 g/mol. The minimum atomic E-state index is -0.771. The Balaban J connectivity index is 1.37. The molecule has 34 heavy (non-hydrogen) atoms. The van der Waals surface area contributed by atoms with E-state index in [1.54, 1.807) is 11.3 Å². The van der Waals surface area contributed by atoms with Crippen molar-refractivity contribution in [1.82, 2.24) is 4.90 Å². The van der Waals surface area contributed by atoms with Gasteiger partial charge in [0.2, 0.25) is 0 Å². The fourth-order valence-corrected chi connectivity index (χ4v) is 5.87. The van der Waals surface area contributed by atoms with E-state index in [0.717, 1.165) is 31.5 Å². The van der Waals surface area contributed by atoms with Gasteiger partial charge in [0.05, 0.1) is 32.0 Å². The molecule has 2 aliphatic rings. The van der Waals surface area contributed by atoms with Crippen LogP contribution in [-0.4, -0.2) is 65.6 Å². The highest BCUT2D eigenvalue weighted by molar-refractivity contribution is 7.13. The molecule has 4 unspecified atom stereocenters. The molecule has 1 aliphatic carbocycles. The van der Waals surface area contributed by atoms with E-state index < -0.39 is 12.1 Å². The van der Waals surface area contributed by atoms with Crippen molar-refractivity contribution in [1.29, 1.82) is 0 Å². The summed E-state index contributed by atoms with van der Waals surface area (Å²) in [5.41, 5.74) is 2.35. The molecule has 1 aliphatic heterocycles. The molecule has 7 heteroatoms. The third-order valence-electron chi connectivity index (χ3n) is 6.83. The maximum absolute atomic E-state index is 11.0. The lowest BCUT2D eigenvalue weighted by molar-refractivity contribution is -0.136. The summed E-state index contributed by atoms with van der Waals surface area (Å²) in [5.74, 6) is -0.546. The number of aliphatic hydroxyl groups is 1. The van der Waals surface area contributed by atoms with Gasteiger partial charge < -0.3 is 19.7 Å². The maximum Gasteiger partial charge on any atom is 0.303 e. The first-order valence-corrected chi connectivity index (χ1v) is 13.1. The Morgan fingerprint density at radius 2 is 1.91 bits per heavy atom. The molecular formula is C27H35NO5S. The molecule has 1 saturated heterocycles. The summed E-state index contributed by atoms with van der Waals surface area (Å²) in [7, 11) is 0. The summed E-state index contributed by atoms with van der Waals surface area (Å²) in [6, 6.07) is 12.8. The fraction of sp³-hybridized carbons (Fsp3) is 0.519. The van der Waals surface area contributed by atoms with Crippen LogP contribution in [0.15, 0.2) is 53.9 Å². The number of aliphatic carboxylic acids is 1. The summed E-state index contributed by atoms with van der Waals surface area (Å²) >= 11 is 1.74. The number of carboxylic acids is 1. The minimum absolute atomic E-state index is 0.00719. The average Bonchev–Trinajstić information content (AvgIpc) is 3.49. The topological polar surface area (TPSA) is 79.2 Å². The van der Waals surface area contributed by atoms with E-state index in [1.165, 1.54) is 10.4 Å². The predicted molar refractivity (Wildman–Crippen MR) is 134 cm³/mol. The highest BCUT2D eigenvalue weighted by Crippen LogP contribution is 2.37. The number of nitrogens with zero attached hydrogens (tertiary/aromatic N) is 1. The quantitative estimate of drug-likeness (QED) is 0.454. The zero-order valence-electron chi connectivity index (χ0n) is 19.6. The second kappa shape index (κ2) is 12.6. The van der Waals surface area contributed by atoms with Crippen LogP contribution in [0, 0.1) is 5.92 Å². The molecule has 2 N–H and O–H groups in total. The van der Waals surface area contributed by atoms with Crippen molar-refractivity contribution in [2.75, 3.05) is 26.3 Å². The van der Waals surface area contributed by atoms with Crippen molar-refractivity contribution in [2.45, 2.75) is 57.0 Å². The number of carbonyl (C=O) groups is 1. The smallest absolute Gasteiger partial charge is 0.303 e. The standard InChI is InChI=1S/C27H35NO5S/c29-23-18-24(33-19-20-9-11-21(12-10-20)25-7-5-17-34-25)22(6-3-1-2-4-8-26(30)31)27(23)28-13-15-32-16-14-28/h1-2,5,7,9-12,17,22-24,27,29H,3-4,6,8,13-16,18-19H2,(H,30,31). The first-order chi connectivity index (χ1) is 16.6. The van der Waals surface area contributed by atoms with Crippen LogP contribution in [0.3, 0.4) is 0 Å². The third kappa shape index (κ3) is 6.77. The van der Waals surface area contributed by atoms with Gasteiger partial charge in [-0.05, 0) is 41.8 Å². The van der Waals surface area contributed by atoms with E-state index in [0.29, 0.717) is 32.7 Å². The van der Waals surface area contributed by atoms with Crippen LogP contribution in [0.5, 0.6) is 0 Å². The lowest BCUT2D eigenvalue weighted by Gasteiger charge is -2.38. The largest absolute Gasteiger partial charge is 0.481 e. The van der Waals surface area contributed by atoms with Gasteiger partial charge >= 0.3 is 5.97 Å². The number of aliphatic hydroxyl groups excluding tert-OH is 1. The van der Waals surface area contributed by atoms with Crippen molar-refractivity contribution in [3.8, 4) is 10.4 Å². The second-order valence-corrected chi connectivity index (χ2v) is 10.1. The van der Waals surface area contributed by atoms with Crippen molar-refractivity contribution in [2.24, 2.45) is 5.92 Å². The molecule has 2 fully saturated rings. The van der Waals surface area contributed by atoms with Crippen LogP contribution < -0.4 is 0 Å². The van der Waals surface area contributed by atoms with Gasteiger partial charge in [0.15, 0.2) is 0 Å². The number of ether oxygens (including phenoxy) is 2. The summed E-state index contributed by atoms with van der Waals surface area (Å²) in [5, 5.41) is 21.9. The first kappa shape index (κ1) is 25.1. The highest BCUT2D eigenvalue weighted by Gasteiger charge is 2.45. The molecule has 2 aromatic rings. The molecule has 6 nitrogen and oxygen atoms in total. The number of thiophene rings is 1. The Labute approximate surface area is 205 Å². The summed E-state index contributed by atoms with van der Waals surface area (Å²) in [6.45, 7) is 3.61. The number of carboxylic acid groups (broad SMARTS) is 1.